The minimum Gasteiger partial charge on any atom is -0.502 e. The Bertz CT molecular complexity index is 2820. The summed E-state index contributed by atoms with van der Waals surface area (Å²) >= 11 is 0. The smallest absolute Gasteiger partial charge is 0.323 e. The van der Waals surface area contributed by atoms with Crippen LogP contribution in [0.3, 0.4) is 0 Å². The molecule has 18 heteroatoms. The van der Waals surface area contributed by atoms with Crippen molar-refractivity contribution in [2.24, 2.45) is 10.2 Å². The van der Waals surface area contributed by atoms with Crippen LogP contribution in [-0.2, 0) is 20.2 Å². The number of nitrogens with one attached hydrogen (secondary N) is 3. The lowest BCUT2D eigenvalue weighted by atomic mass is 10.1. The molecular weight excluding hydrogens is 679 g/mol. The lowest BCUT2D eigenvalue weighted by Gasteiger charge is -2.09. The zero-order valence-electron chi connectivity index (χ0n) is 24.6. The predicted molar refractivity (Wildman–Crippen MR) is 177 cm³/mol. The molecule has 0 aliphatic carbocycles. The molecule has 0 radical (unpaired) electrons. The average Bonchev–Trinajstić information content (AvgIpc) is 3.59. The van der Waals surface area contributed by atoms with Crippen LogP contribution in [-0.4, -0.2) is 56.7 Å². The number of rotatable bonds is 7. The topological polar surface area (TPSA) is 249 Å². The van der Waals surface area contributed by atoms with Crippen molar-refractivity contribution in [3.05, 3.63) is 107 Å². The maximum Gasteiger partial charge on any atom is 0.323 e. The van der Waals surface area contributed by atoms with E-state index in [1.165, 1.54) is 48.5 Å². The van der Waals surface area contributed by atoms with E-state index in [1.807, 2.05) is 0 Å². The van der Waals surface area contributed by atoms with Gasteiger partial charge in [0.05, 0.1) is 32.2 Å². The van der Waals surface area contributed by atoms with Gasteiger partial charge < -0.3 is 20.4 Å². The van der Waals surface area contributed by atoms with Crippen LogP contribution < -0.4 is 11.0 Å². The van der Waals surface area contributed by atoms with Crippen LogP contribution in [0.15, 0.2) is 116 Å². The van der Waals surface area contributed by atoms with E-state index in [-0.39, 0.29) is 32.7 Å². The van der Waals surface area contributed by atoms with E-state index in [9.17, 15) is 40.6 Å². The summed E-state index contributed by atoms with van der Waals surface area (Å²) in [6.45, 7) is 0. The molecule has 1 amide bonds. The zero-order valence-corrected chi connectivity index (χ0v) is 26.2. The monoisotopic (exact) mass is 699 g/mol. The first-order chi connectivity index (χ1) is 23.3. The number of hydrogen-bond donors (Lipinski definition) is 6. The Morgan fingerprint density at radius 1 is 0.755 bits per heavy atom. The number of carbonyl (C=O) groups excluding carboxylic acids is 1. The Morgan fingerprint density at radius 2 is 1.39 bits per heavy atom. The van der Waals surface area contributed by atoms with Gasteiger partial charge in [-0.05, 0) is 65.4 Å². The number of H-pyrrole nitrogens is 2. The molecule has 16 nitrogen and oxygen atoms in total. The van der Waals surface area contributed by atoms with Crippen molar-refractivity contribution in [3.63, 3.8) is 0 Å². The van der Waals surface area contributed by atoms with E-state index < -0.39 is 43.3 Å². The van der Waals surface area contributed by atoms with Crippen molar-refractivity contribution in [2.75, 3.05) is 5.32 Å². The highest BCUT2D eigenvalue weighted by Gasteiger charge is 2.26. The van der Waals surface area contributed by atoms with Crippen LogP contribution >= 0.6 is 0 Å². The first kappa shape index (κ1) is 31.4. The number of aromatic amines is 2. The summed E-state index contributed by atoms with van der Waals surface area (Å²) in [6.07, 6.45) is 0. The summed E-state index contributed by atoms with van der Waals surface area (Å²) in [5, 5.41) is 28.5. The Balaban J connectivity index is 1.36. The van der Waals surface area contributed by atoms with Gasteiger partial charge in [0.2, 0.25) is 5.82 Å². The highest BCUT2D eigenvalue weighted by molar-refractivity contribution is 7.86. The number of nitrogens with zero attached hydrogens (tertiary/aromatic N) is 4. The van der Waals surface area contributed by atoms with Gasteiger partial charge in [0.25, 0.3) is 26.1 Å². The van der Waals surface area contributed by atoms with Crippen molar-refractivity contribution in [3.8, 4) is 11.4 Å². The Morgan fingerprint density at radius 3 is 2.08 bits per heavy atom. The number of hydrogen-bond acceptors (Lipinski definition) is 10. The van der Waals surface area contributed by atoms with Crippen LogP contribution in [0.5, 0.6) is 5.75 Å². The molecular formula is C31H21N7O9S2. The standard InChI is InChI=1S/C31H21N7O9S2/c39-28-27(30(40)32-18-7-12-24-25(15-18)34-31(41)33-24)37-38(26-6-2-4-17-14-20(49(45,46)47)9-11-22(17)26)29(28)36-35-23-5-1-3-16-13-19(48(42,43)44)8-10-21(16)23/h1-15,39H,(H,32,40)(H2,33,34,41)(H,42,43,44)(H,45,46,47). The number of aromatic hydroxyl groups is 1. The first-order valence-electron chi connectivity index (χ1n) is 14.0. The predicted octanol–water partition coefficient (Wildman–Crippen LogP) is 5.22. The average molecular weight is 700 g/mol. The van der Waals surface area contributed by atoms with E-state index in [4.69, 9.17) is 0 Å². The molecule has 246 valence electrons. The lowest BCUT2D eigenvalue weighted by Crippen LogP contribution is -2.13. The largest absolute Gasteiger partial charge is 0.502 e. The molecule has 0 fully saturated rings. The van der Waals surface area contributed by atoms with Crippen LogP contribution in [0.25, 0.3) is 38.3 Å². The van der Waals surface area contributed by atoms with Gasteiger partial charge in [0, 0.05) is 16.5 Å². The number of amides is 1. The van der Waals surface area contributed by atoms with Gasteiger partial charge >= 0.3 is 5.69 Å². The fraction of sp³-hybridized carbons (Fsp3) is 0. The lowest BCUT2D eigenvalue weighted by molar-refractivity contribution is 0.101. The summed E-state index contributed by atoms with van der Waals surface area (Å²) in [4.78, 5) is 29.7. The molecule has 49 heavy (non-hydrogen) atoms. The quantitative estimate of drug-likeness (QED) is 0.0935. The molecule has 0 aliphatic heterocycles. The third-order valence-corrected chi connectivity index (χ3v) is 9.26. The summed E-state index contributed by atoms with van der Waals surface area (Å²) in [7, 11) is -8.99. The van der Waals surface area contributed by atoms with E-state index in [0.717, 1.165) is 4.68 Å². The number of anilines is 1. The molecule has 7 aromatic rings. The second kappa shape index (κ2) is 11.5. The maximum atomic E-state index is 13.5. The van der Waals surface area contributed by atoms with Crippen LogP contribution in [0.1, 0.15) is 10.5 Å². The summed E-state index contributed by atoms with van der Waals surface area (Å²) in [5.41, 5.74) is 0.798. The number of fused-ring (bicyclic) bond motifs is 3. The van der Waals surface area contributed by atoms with Crippen LogP contribution in [0.2, 0.25) is 0 Å². The van der Waals surface area contributed by atoms with Gasteiger partial charge in [-0.2, -0.15) is 21.9 Å². The molecule has 0 bridgehead atoms. The number of azo groups is 1. The fourth-order valence-electron chi connectivity index (χ4n) is 5.30. The molecule has 0 saturated heterocycles. The Labute approximate surface area is 274 Å². The van der Waals surface area contributed by atoms with Gasteiger partial charge in [0.1, 0.15) is 0 Å². The molecule has 0 aliphatic rings. The van der Waals surface area contributed by atoms with Crippen molar-refractivity contribution in [1.82, 2.24) is 19.7 Å². The summed E-state index contributed by atoms with van der Waals surface area (Å²) in [5.74, 6) is -1.81. The van der Waals surface area contributed by atoms with Gasteiger partial charge in [-0.15, -0.1) is 10.2 Å². The molecule has 2 heterocycles. The molecule has 0 unspecified atom stereocenters. The molecule has 5 aromatic carbocycles. The number of aromatic nitrogens is 4. The second-order valence-electron chi connectivity index (χ2n) is 10.7. The van der Waals surface area contributed by atoms with Gasteiger partial charge in [-0.1, -0.05) is 36.4 Å². The highest BCUT2D eigenvalue weighted by atomic mass is 32.2. The minimum atomic E-state index is -4.52. The third kappa shape index (κ3) is 5.91. The van der Waals surface area contributed by atoms with Crippen molar-refractivity contribution >= 4 is 75.9 Å². The fourth-order valence-corrected chi connectivity index (χ4v) is 6.33. The van der Waals surface area contributed by atoms with E-state index in [1.54, 1.807) is 42.5 Å². The van der Waals surface area contributed by atoms with Crippen LogP contribution in [0.4, 0.5) is 17.2 Å². The van der Waals surface area contributed by atoms with E-state index in [0.29, 0.717) is 32.6 Å². The maximum absolute atomic E-state index is 13.5. The minimum absolute atomic E-state index is 0.238. The zero-order chi connectivity index (χ0) is 34.7. The molecule has 2 aromatic heterocycles. The van der Waals surface area contributed by atoms with Crippen molar-refractivity contribution in [2.45, 2.75) is 9.79 Å². The number of benzene rings is 5. The van der Waals surface area contributed by atoms with E-state index >= 15 is 0 Å². The normalized spacial score (nSPS) is 12.4. The first-order valence-corrected chi connectivity index (χ1v) is 16.9. The SMILES string of the molecule is O=C(Nc1ccc2[nH]c(=O)[nH]c2c1)c1nn(-c2cccc3cc(S(=O)(=O)O)ccc23)c(N=Nc2cccc3cc(S(=O)(=O)O)ccc23)c1O. The Kier molecular flexibility index (Phi) is 7.36. The van der Waals surface area contributed by atoms with Crippen molar-refractivity contribution in [1.29, 1.82) is 0 Å². The van der Waals surface area contributed by atoms with Gasteiger partial charge in [-0.3, -0.25) is 13.9 Å². The van der Waals surface area contributed by atoms with Crippen molar-refractivity contribution < 1.29 is 35.8 Å². The molecule has 6 N–H and O–H groups in total. The van der Waals surface area contributed by atoms with Gasteiger partial charge in [-0.25, -0.2) is 9.48 Å². The molecule has 0 spiro atoms. The number of imidazole rings is 1. The third-order valence-electron chi connectivity index (χ3n) is 7.56. The Hall–Kier alpha value is -6.21. The summed E-state index contributed by atoms with van der Waals surface area (Å²) in [6, 6.07) is 21.8. The molecule has 0 atom stereocenters. The van der Waals surface area contributed by atoms with Gasteiger partial charge in [0.15, 0.2) is 11.4 Å². The molecule has 7 rings (SSSR count). The molecule has 0 saturated carbocycles. The summed E-state index contributed by atoms with van der Waals surface area (Å²) < 4.78 is 67.0. The second-order valence-corrected chi connectivity index (χ2v) is 13.5. The number of carbonyl (C=O) groups is 1. The van der Waals surface area contributed by atoms with Crippen LogP contribution in [0, 0.1) is 0 Å². The van der Waals surface area contributed by atoms with E-state index in [2.05, 4.69) is 30.6 Å². The highest BCUT2D eigenvalue weighted by Crippen LogP contribution is 2.38.